The Bertz CT molecular complexity index is 436. The lowest BCUT2D eigenvalue weighted by atomic mass is 10.1. The van der Waals surface area contributed by atoms with E-state index in [1.54, 1.807) is 12.1 Å². The highest BCUT2D eigenvalue weighted by atomic mass is 16.4. The van der Waals surface area contributed by atoms with Crippen molar-refractivity contribution in [1.82, 2.24) is 0 Å². The fourth-order valence-corrected chi connectivity index (χ4v) is 2.31. The zero-order valence-electron chi connectivity index (χ0n) is 9.80. The van der Waals surface area contributed by atoms with Gasteiger partial charge in [-0.05, 0) is 43.7 Å². The Labute approximate surface area is 101 Å². The molecule has 2 aliphatic carbocycles. The Morgan fingerprint density at radius 1 is 1.24 bits per heavy atom. The number of anilines is 1. The van der Waals surface area contributed by atoms with Crippen molar-refractivity contribution < 1.29 is 9.90 Å². The second-order valence-electron chi connectivity index (χ2n) is 5.15. The van der Waals surface area contributed by atoms with E-state index in [2.05, 4.69) is 4.90 Å². The van der Waals surface area contributed by atoms with Gasteiger partial charge in [0.25, 0.3) is 0 Å². The first kappa shape index (κ1) is 10.6. The number of aromatic carboxylic acids is 1. The highest BCUT2D eigenvalue weighted by molar-refractivity contribution is 5.94. The van der Waals surface area contributed by atoms with E-state index >= 15 is 0 Å². The molecular formula is C14H17NO2. The van der Waals surface area contributed by atoms with Gasteiger partial charge >= 0.3 is 5.97 Å². The molecule has 0 radical (unpaired) electrons. The molecule has 17 heavy (non-hydrogen) atoms. The highest BCUT2D eigenvalue weighted by Crippen LogP contribution is 2.38. The van der Waals surface area contributed by atoms with Crippen molar-refractivity contribution in [2.45, 2.75) is 31.7 Å². The number of carboxylic acids is 1. The molecule has 0 spiro atoms. The van der Waals surface area contributed by atoms with Gasteiger partial charge in [0.2, 0.25) is 0 Å². The van der Waals surface area contributed by atoms with Crippen LogP contribution in [-0.4, -0.2) is 23.7 Å². The van der Waals surface area contributed by atoms with Crippen LogP contribution in [0.1, 0.15) is 36.0 Å². The first-order valence-electron chi connectivity index (χ1n) is 6.34. The van der Waals surface area contributed by atoms with E-state index in [1.165, 1.54) is 25.7 Å². The largest absolute Gasteiger partial charge is 0.478 e. The van der Waals surface area contributed by atoms with Crippen molar-refractivity contribution in [1.29, 1.82) is 0 Å². The van der Waals surface area contributed by atoms with Gasteiger partial charge < -0.3 is 10.0 Å². The number of benzene rings is 1. The second-order valence-corrected chi connectivity index (χ2v) is 5.15. The van der Waals surface area contributed by atoms with Crippen molar-refractivity contribution in [3.63, 3.8) is 0 Å². The summed E-state index contributed by atoms with van der Waals surface area (Å²) >= 11 is 0. The summed E-state index contributed by atoms with van der Waals surface area (Å²) in [4.78, 5) is 13.6. The standard InChI is InChI=1S/C14H17NO2/c16-14(17)12-3-1-2-4-13(12)15(11-7-8-11)9-10-5-6-10/h1-4,10-11H,5-9H2,(H,16,17). The monoisotopic (exact) mass is 231 g/mol. The van der Waals surface area contributed by atoms with Crippen LogP contribution in [0, 0.1) is 5.92 Å². The van der Waals surface area contributed by atoms with E-state index in [0.29, 0.717) is 11.6 Å². The molecular weight excluding hydrogens is 214 g/mol. The SMILES string of the molecule is O=C(O)c1ccccc1N(CC1CC1)C1CC1. The number of rotatable bonds is 5. The third-order valence-corrected chi connectivity index (χ3v) is 3.58. The molecule has 90 valence electrons. The lowest BCUT2D eigenvalue weighted by molar-refractivity contribution is 0.0697. The number of para-hydroxylation sites is 1. The van der Waals surface area contributed by atoms with Crippen molar-refractivity contribution in [2.75, 3.05) is 11.4 Å². The first-order valence-corrected chi connectivity index (χ1v) is 6.34. The van der Waals surface area contributed by atoms with Crippen molar-refractivity contribution in [3.8, 4) is 0 Å². The fraction of sp³-hybridized carbons (Fsp3) is 0.500. The average Bonchev–Trinajstić information content (AvgIpc) is 3.17. The molecule has 2 aliphatic rings. The quantitative estimate of drug-likeness (QED) is 0.847. The zero-order chi connectivity index (χ0) is 11.8. The van der Waals surface area contributed by atoms with Crippen molar-refractivity contribution in [3.05, 3.63) is 29.8 Å². The minimum absolute atomic E-state index is 0.444. The summed E-state index contributed by atoms with van der Waals surface area (Å²) in [6.45, 7) is 1.04. The summed E-state index contributed by atoms with van der Waals surface area (Å²) < 4.78 is 0. The van der Waals surface area contributed by atoms with Crippen LogP contribution in [0.5, 0.6) is 0 Å². The maximum absolute atomic E-state index is 11.2. The normalized spacial score (nSPS) is 19.1. The van der Waals surface area contributed by atoms with Crippen LogP contribution in [0.15, 0.2) is 24.3 Å². The predicted molar refractivity (Wildman–Crippen MR) is 66.5 cm³/mol. The van der Waals surface area contributed by atoms with Gasteiger partial charge in [-0.1, -0.05) is 12.1 Å². The Hall–Kier alpha value is -1.51. The molecule has 0 amide bonds. The van der Waals surface area contributed by atoms with Gasteiger partial charge in [-0.2, -0.15) is 0 Å². The molecule has 0 heterocycles. The number of nitrogens with zero attached hydrogens (tertiary/aromatic N) is 1. The summed E-state index contributed by atoms with van der Waals surface area (Å²) in [5.74, 6) is -0.0282. The molecule has 0 saturated heterocycles. The van der Waals surface area contributed by atoms with Gasteiger partial charge in [0.1, 0.15) is 0 Å². The van der Waals surface area contributed by atoms with Gasteiger partial charge in [-0.15, -0.1) is 0 Å². The number of carbonyl (C=O) groups is 1. The lowest BCUT2D eigenvalue weighted by Gasteiger charge is -2.26. The van der Waals surface area contributed by atoms with Crippen LogP contribution in [0.3, 0.4) is 0 Å². The summed E-state index contributed by atoms with van der Waals surface area (Å²) in [5.41, 5.74) is 1.36. The van der Waals surface area contributed by atoms with E-state index in [-0.39, 0.29) is 0 Å². The van der Waals surface area contributed by atoms with Gasteiger partial charge in [0, 0.05) is 12.6 Å². The smallest absolute Gasteiger partial charge is 0.337 e. The molecule has 1 aromatic carbocycles. The van der Waals surface area contributed by atoms with Crippen molar-refractivity contribution >= 4 is 11.7 Å². The molecule has 3 heteroatoms. The molecule has 3 rings (SSSR count). The number of carboxylic acid groups (broad SMARTS) is 1. The average molecular weight is 231 g/mol. The molecule has 0 aromatic heterocycles. The molecule has 0 unspecified atom stereocenters. The maximum Gasteiger partial charge on any atom is 0.337 e. The Morgan fingerprint density at radius 2 is 1.94 bits per heavy atom. The Morgan fingerprint density at radius 3 is 2.53 bits per heavy atom. The summed E-state index contributed by atoms with van der Waals surface area (Å²) in [6, 6.07) is 7.97. The fourth-order valence-electron chi connectivity index (χ4n) is 2.31. The van der Waals surface area contributed by atoms with E-state index in [9.17, 15) is 9.90 Å². The summed E-state index contributed by atoms with van der Waals surface area (Å²) in [5, 5.41) is 9.24. The van der Waals surface area contributed by atoms with E-state index in [0.717, 1.165) is 18.2 Å². The Balaban J connectivity index is 1.90. The van der Waals surface area contributed by atoms with Crippen LogP contribution < -0.4 is 4.90 Å². The van der Waals surface area contributed by atoms with Gasteiger partial charge in [0.05, 0.1) is 11.3 Å². The maximum atomic E-state index is 11.2. The van der Waals surface area contributed by atoms with Gasteiger partial charge in [-0.25, -0.2) is 4.79 Å². The van der Waals surface area contributed by atoms with Gasteiger partial charge in [-0.3, -0.25) is 0 Å². The minimum atomic E-state index is -0.818. The van der Waals surface area contributed by atoms with Crippen LogP contribution in [0.25, 0.3) is 0 Å². The van der Waals surface area contributed by atoms with Crippen LogP contribution >= 0.6 is 0 Å². The molecule has 0 aliphatic heterocycles. The number of hydrogen-bond acceptors (Lipinski definition) is 2. The topological polar surface area (TPSA) is 40.5 Å². The molecule has 2 fully saturated rings. The summed E-state index contributed by atoms with van der Waals surface area (Å²) in [6.07, 6.45) is 5.03. The van der Waals surface area contributed by atoms with Crippen LogP contribution in [0.4, 0.5) is 5.69 Å². The predicted octanol–water partition coefficient (Wildman–Crippen LogP) is 2.76. The molecule has 0 bridgehead atoms. The van der Waals surface area contributed by atoms with E-state index < -0.39 is 5.97 Å². The molecule has 1 N–H and O–H groups in total. The molecule has 0 atom stereocenters. The molecule has 2 saturated carbocycles. The minimum Gasteiger partial charge on any atom is -0.478 e. The number of hydrogen-bond donors (Lipinski definition) is 1. The second kappa shape index (κ2) is 4.06. The molecule has 1 aromatic rings. The summed E-state index contributed by atoms with van der Waals surface area (Å²) in [7, 11) is 0. The highest BCUT2D eigenvalue weighted by Gasteiger charge is 2.35. The van der Waals surface area contributed by atoms with Crippen molar-refractivity contribution in [2.24, 2.45) is 5.92 Å². The third-order valence-electron chi connectivity index (χ3n) is 3.58. The molecule has 3 nitrogen and oxygen atoms in total. The van der Waals surface area contributed by atoms with Crippen LogP contribution in [0.2, 0.25) is 0 Å². The van der Waals surface area contributed by atoms with E-state index in [4.69, 9.17) is 0 Å². The van der Waals surface area contributed by atoms with E-state index in [1.807, 2.05) is 12.1 Å². The van der Waals surface area contributed by atoms with Crippen LogP contribution in [-0.2, 0) is 0 Å². The Kier molecular flexibility index (Phi) is 2.54. The van der Waals surface area contributed by atoms with Gasteiger partial charge in [0.15, 0.2) is 0 Å². The first-order chi connectivity index (χ1) is 8.25. The lowest BCUT2D eigenvalue weighted by Crippen LogP contribution is -2.29. The zero-order valence-corrected chi connectivity index (χ0v) is 9.80. The third kappa shape index (κ3) is 2.28.